The molecule has 1 aromatic carbocycles. The molecule has 0 saturated heterocycles. The lowest BCUT2D eigenvalue weighted by molar-refractivity contribution is -0.137. The monoisotopic (exact) mass is 539 g/mol. The lowest BCUT2D eigenvalue weighted by atomic mass is 10.0. The van der Waals surface area contributed by atoms with Crippen LogP contribution in [0.2, 0.25) is 0 Å². The molecule has 0 saturated carbocycles. The van der Waals surface area contributed by atoms with E-state index in [-0.39, 0.29) is 23.4 Å². The number of ether oxygens (including phenoxy) is 1. The van der Waals surface area contributed by atoms with E-state index in [1.165, 1.54) is 9.58 Å². The van der Waals surface area contributed by atoms with Crippen molar-refractivity contribution in [1.29, 1.82) is 0 Å². The third kappa shape index (κ3) is 4.14. The van der Waals surface area contributed by atoms with Crippen molar-refractivity contribution in [3.8, 4) is 0 Å². The summed E-state index contributed by atoms with van der Waals surface area (Å²) < 4.78 is 62.8. The van der Waals surface area contributed by atoms with Crippen molar-refractivity contribution >= 4 is 34.0 Å². The Hall–Kier alpha value is -4.52. The number of carbonyl (C=O) groups is 1. The number of nitrogens with two attached hydrogens (primary N) is 1. The van der Waals surface area contributed by atoms with Gasteiger partial charge in [-0.3, -0.25) is 18.8 Å². The van der Waals surface area contributed by atoms with Crippen molar-refractivity contribution in [2.45, 2.75) is 32.9 Å². The van der Waals surface area contributed by atoms with Gasteiger partial charge in [0.2, 0.25) is 5.95 Å². The molecule has 0 fully saturated rings. The van der Waals surface area contributed by atoms with E-state index in [0.29, 0.717) is 47.5 Å². The summed E-state index contributed by atoms with van der Waals surface area (Å²) >= 11 is 0. The number of hydrogen-bond donors (Lipinski definition) is 1. The van der Waals surface area contributed by atoms with Crippen molar-refractivity contribution in [2.75, 3.05) is 10.6 Å². The molecule has 0 unspecified atom stereocenters. The second-order valence-electron chi connectivity index (χ2n) is 9.34. The van der Waals surface area contributed by atoms with Gasteiger partial charge in [0, 0.05) is 36.0 Å². The molecule has 5 aromatic rings. The van der Waals surface area contributed by atoms with Crippen LogP contribution < -0.4 is 10.6 Å². The molecule has 6 rings (SSSR count). The molecule has 0 radical (unpaired) electrons. The summed E-state index contributed by atoms with van der Waals surface area (Å²) in [5.41, 5.74) is 8.24. The van der Waals surface area contributed by atoms with Crippen LogP contribution in [0.3, 0.4) is 0 Å². The van der Waals surface area contributed by atoms with Gasteiger partial charge in [0.25, 0.3) is 5.91 Å². The Morgan fingerprint density at radius 1 is 1.13 bits per heavy atom. The maximum absolute atomic E-state index is 15.4. The lowest BCUT2D eigenvalue weighted by Crippen LogP contribution is -2.31. The number of fused-ring (bicyclic) bond motifs is 4. The molecule has 5 heterocycles. The molecular weight excluding hydrogens is 518 g/mol. The zero-order chi connectivity index (χ0) is 27.6. The van der Waals surface area contributed by atoms with Gasteiger partial charge in [-0.1, -0.05) is 0 Å². The quantitative estimate of drug-likeness (QED) is 0.337. The normalized spacial score (nSPS) is 13.4. The largest absolute Gasteiger partial charge is 0.417 e. The van der Waals surface area contributed by atoms with Gasteiger partial charge in [0.15, 0.2) is 0 Å². The van der Waals surface area contributed by atoms with Crippen molar-refractivity contribution in [1.82, 2.24) is 24.1 Å². The standard InChI is InChI=1S/C26H21F4N7O2/c1-13-21(10-35(2)34-13)36(9-20-23(27)37-8-15(26(28,29)30)4-6-22(37)32-20)25(38)14-3-5-19-16(7-14)17-11-39-12-18(17)24(31)33-19/h3-8,10H,9,11-12H2,1-2H3,(H2,31,33). The van der Waals surface area contributed by atoms with Gasteiger partial charge >= 0.3 is 6.18 Å². The number of nitrogen functional groups attached to an aromatic ring is 1. The fraction of sp³-hybridized carbons (Fsp3) is 0.231. The highest BCUT2D eigenvalue weighted by Crippen LogP contribution is 2.33. The number of benzene rings is 1. The number of imidazole rings is 1. The molecule has 2 N–H and O–H groups in total. The van der Waals surface area contributed by atoms with Crippen LogP contribution in [-0.4, -0.2) is 30.1 Å². The van der Waals surface area contributed by atoms with E-state index in [2.05, 4.69) is 15.1 Å². The summed E-state index contributed by atoms with van der Waals surface area (Å²) in [6, 6.07) is 6.87. The molecule has 1 amide bonds. The molecule has 39 heavy (non-hydrogen) atoms. The first-order valence-electron chi connectivity index (χ1n) is 11.9. The van der Waals surface area contributed by atoms with Crippen molar-refractivity contribution in [2.24, 2.45) is 7.05 Å². The first kappa shape index (κ1) is 24.8. The highest BCUT2D eigenvalue weighted by atomic mass is 19.4. The van der Waals surface area contributed by atoms with Crippen molar-refractivity contribution in [3.63, 3.8) is 0 Å². The average Bonchev–Trinajstić information content (AvgIpc) is 3.59. The maximum Gasteiger partial charge on any atom is 0.417 e. The molecule has 4 aromatic heterocycles. The van der Waals surface area contributed by atoms with E-state index in [0.717, 1.165) is 27.7 Å². The number of anilines is 2. The summed E-state index contributed by atoms with van der Waals surface area (Å²) in [5.74, 6) is -1.11. The van der Waals surface area contributed by atoms with E-state index < -0.39 is 23.6 Å². The van der Waals surface area contributed by atoms with Crippen LogP contribution in [-0.2, 0) is 37.7 Å². The molecule has 9 nitrogen and oxygen atoms in total. The second kappa shape index (κ2) is 8.76. The molecule has 0 atom stereocenters. The summed E-state index contributed by atoms with van der Waals surface area (Å²) in [4.78, 5) is 23.8. The highest BCUT2D eigenvalue weighted by molar-refractivity contribution is 6.08. The topological polar surface area (TPSA) is 104 Å². The van der Waals surface area contributed by atoms with E-state index in [9.17, 15) is 18.0 Å². The minimum Gasteiger partial charge on any atom is -0.383 e. The van der Waals surface area contributed by atoms with Crippen LogP contribution in [0.5, 0.6) is 0 Å². The molecule has 1 aliphatic rings. The van der Waals surface area contributed by atoms with Crippen LogP contribution >= 0.6 is 0 Å². The summed E-state index contributed by atoms with van der Waals surface area (Å²) in [6.07, 6.45) is -2.40. The average molecular weight is 539 g/mol. The number of nitrogens with zero attached hydrogens (tertiary/aromatic N) is 6. The van der Waals surface area contributed by atoms with E-state index in [4.69, 9.17) is 10.5 Å². The van der Waals surface area contributed by atoms with E-state index in [1.54, 1.807) is 38.4 Å². The number of amides is 1. The van der Waals surface area contributed by atoms with Gasteiger partial charge in [0.05, 0.1) is 42.2 Å². The number of alkyl halides is 3. The Morgan fingerprint density at radius 2 is 1.90 bits per heavy atom. The third-order valence-electron chi connectivity index (χ3n) is 6.76. The fourth-order valence-corrected chi connectivity index (χ4v) is 4.86. The van der Waals surface area contributed by atoms with Gasteiger partial charge in [-0.05, 0) is 42.8 Å². The highest BCUT2D eigenvalue weighted by Gasteiger charge is 2.32. The molecule has 200 valence electrons. The zero-order valence-electron chi connectivity index (χ0n) is 20.8. The Morgan fingerprint density at radius 3 is 2.62 bits per heavy atom. The summed E-state index contributed by atoms with van der Waals surface area (Å²) in [6.45, 7) is 2.00. The molecule has 0 spiro atoms. The van der Waals surface area contributed by atoms with Crippen LogP contribution in [0.4, 0.5) is 29.1 Å². The number of aryl methyl sites for hydroxylation is 2. The molecule has 0 aliphatic carbocycles. The van der Waals surface area contributed by atoms with Gasteiger partial charge in [-0.25, -0.2) is 9.97 Å². The predicted molar refractivity (Wildman–Crippen MR) is 133 cm³/mol. The predicted octanol–water partition coefficient (Wildman–Crippen LogP) is 4.54. The smallest absolute Gasteiger partial charge is 0.383 e. The van der Waals surface area contributed by atoms with E-state index >= 15 is 4.39 Å². The number of hydrogen-bond acceptors (Lipinski definition) is 6. The molecule has 0 bridgehead atoms. The molecular formula is C26H21F4N7O2. The van der Waals surface area contributed by atoms with Crippen molar-refractivity contribution < 1.29 is 27.1 Å². The lowest BCUT2D eigenvalue weighted by Gasteiger charge is -2.21. The minimum atomic E-state index is -4.65. The minimum absolute atomic E-state index is 0.0178. The van der Waals surface area contributed by atoms with Gasteiger partial charge < -0.3 is 10.5 Å². The van der Waals surface area contributed by atoms with Crippen LogP contribution in [0, 0.1) is 12.9 Å². The number of aromatic nitrogens is 5. The Labute approximate surface area is 218 Å². The van der Waals surface area contributed by atoms with E-state index in [1.807, 2.05) is 0 Å². The van der Waals surface area contributed by atoms with Crippen LogP contribution in [0.25, 0.3) is 16.6 Å². The van der Waals surface area contributed by atoms with Crippen LogP contribution in [0.15, 0.2) is 42.7 Å². The first-order chi connectivity index (χ1) is 18.5. The van der Waals surface area contributed by atoms with Crippen molar-refractivity contribution in [3.05, 3.63) is 82.3 Å². The number of carbonyl (C=O) groups excluding carboxylic acids is 1. The second-order valence-corrected chi connectivity index (χ2v) is 9.34. The first-order valence-corrected chi connectivity index (χ1v) is 11.9. The molecule has 1 aliphatic heterocycles. The van der Waals surface area contributed by atoms with Crippen LogP contribution in [0.1, 0.15) is 38.4 Å². The van der Waals surface area contributed by atoms with Gasteiger partial charge in [-0.2, -0.15) is 22.7 Å². The SMILES string of the molecule is Cc1nn(C)cc1N(Cc1nc2ccc(C(F)(F)F)cn2c1F)C(=O)c1ccc2nc(N)c3c(c2c1)COC3. The third-order valence-corrected chi connectivity index (χ3v) is 6.76. The Balaban J connectivity index is 1.44. The summed E-state index contributed by atoms with van der Waals surface area (Å²) in [7, 11) is 1.68. The summed E-state index contributed by atoms with van der Waals surface area (Å²) in [5, 5.41) is 5.01. The fourth-order valence-electron chi connectivity index (χ4n) is 4.86. The zero-order valence-corrected chi connectivity index (χ0v) is 20.8. The Kier molecular flexibility index (Phi) is 5.57. The van der Waals surface area contributed by atoms with Gasteiger partial charge in [-0.15, -0.1) is 0 Å². The number of rotatable bonds is 4. The maximum atomic E-state index is 15.4. The Bertz CT molecular complexity index is 1790. The van der Waals surface area contributed by atoms with Gasteiger partial charge in [0.1, 0.15) is 17.2 Å². The number of halogens is 4. The molecule has 13 heteroatoms. The number of pyridine rings is 2.